The van der Waals surface area contributed by atoms with Crippen molar-refractivity contribution in [3.63, 3.8) is 0 Å². The normalized spacial score (nSPS) is 11.9. The van der Waals surface area contributed by atoms with Gasteiger partial charge in [-0.15, -0.1) is 0 Å². The summed E-state index contributed by atoms with van der Waals surface area (Å²) in [6.07, 6.45) is 7.13. The van der Waals surface area contributed by atoms with Crippen LogP contribution in [0.5, 0.6) is 0 Å². The van der Waals surface area contributed by atoms with E-state index in [2.05, 4.69) is 13.8 Å². The van der Waals surface area contributed by atoms with Crippen LogP contribution in [-0.4, -0.2) is 16.1 Å². The molecule has 1 aromatic carbocycles. The maximum atomic E-state index is 12.7. The zero-order chi connectivity index (χ0) is 13.4. The quantitative estimate of drug-likeness (QED) is 0.519. The Kier molecular flexibility index (Phi) is 6.58. The number of hydrogen-bond donors (Lipinski definition) is 0. The molecule has 0 aliphatic carbocycles. The molecule has 0 radical (unpaired) electrons. The summed E-state index contributed by atoms with van der Waals surface area (Å²) in [6, 6.07) is 6.85. The predicted molar refractivity (Wildman–Crippen MR) is 78.3 cm³/mol. The summed E-state index contributed by atoms with van der Waals surface area (Å²) in [6.45, 7) is 4.33. The van der Waals surface area contributed by atoms with Crippen molar-refractivity contribution in [1.29, 1.82) is 0 Å². The van der Waals surface area contributed by atoms with E-state index in [9.17, 15) is 4.39 Å². The van der Waals surface area contributed by atoms with Gasteiger partial charge in [0.1, 0.15) is 16.3 Å². The fraction of sp³-hybridized carbons (Fsp3) is 0.600. The minimum Gasteiger partial charge on any atom is -0.423 e. The van der Waals surface area contributed by atoms with E-state index in [0.717, 1.165) is 23.3 Å². The van der Waals surface area contributed by atoms with Gasteiger partial charge in [0.05, 0.1) is 0 Å². The molecule has 0 unspecified atom stereocenters. The Labute approximate surface area is 113 Å². The highest BCUT2D eigenvalue weighted by Gasteiger charge is 2.13. The molecule has 0 fully saturated rings. The molecule has 1 rings (SSSR count). The molecule has 0 amide bonds. The van der Waals surface area contributed by atoms with E-state index in [-0.39, 0.29) is 11.4 Å². The lowest BCUT2D eigenvalue weighted by Crippen LogP contribution is -2.22. The van der Waals surface area contributed by atoms with E-state index in [1.54, 1.807) is 12.1 Å². The van der Waals surface area contributed by atoms with Crippen LogP contribution in [0, 0.1) is 5.82 Å². The lowest BCUT2D eigenvalue weighted by atomic mass is 9.99. The first-order valence-corrected chi connectivity index (χ1v) is 7.65. The minimum absolute atomic E-state index is 0.0726. The van der Waals surface area contributed by atoms with Crippen LogP contribution >= 0.6 is 0 Å². The molecule has 0 bridgehead atoms. The van der Waals surface area contributed by atoms with E-state index in [4.69, 9.17) is 4.43 Å². The third-order valence-electron chi connectivity index (χ3n) is 3.46. The molecule has 18 heavy (non-hydrogen) atoms. The Balaban J connectivity index is 2.07. The average molecular weight is 268 g/mol. The second-order valence-corrected chi connectivity index (χ2v) is 5.91. The van der Waals surface area contributed by atoms with Crippen molar-refractivity contribution < 1.29 is 8.82 Å². The van der Waals surface area contributed by atoms with Crippen LogP contribution in [0.15, 0.2) is 24.3 Å². The van der Waals surface area contributed by atoms with Crippen LogP contribution in [0.25, 0.3) is 0 Å². The van der Waals surface area contributed by atoms with Crippen molar-refractivity contribution in [2.24, 2.45) is 0 Å². The molecule has 0 aliphatic heterocycles. The lowest BCUT2D eigenvalue weighted by molar-refractivity contribution is 0.109. The molecule has 102 valence electrons. The Morgan fingerprint density at radius 3 is 2.28 bits per heavy atom. The fourth-order valence-electron chi connectivity index (χ4n) is 1.99. The van der Waals surface area contributed by atoms with Gasteiger partial charge in [0, 0.05) is 5.60 Å². The highest BCUT2D eigenvalue weighted by atomic mass is 28.2. The maximum absolute atomic E-state index is 12.7. The van der Waals surface area contributed by atoms with Crippen molar-refractivity contribution in [2.75, 3.05) is 0 Å². The molecule has 0 saturated carbocycles. The van der Waals surface area contributed by atoms with Gasteiger partial charge >= 0.3 is 0 Å². The van der Waals surface area contributed by atoms with Crippen molar-refractivity contribution in [3.05, 3.63) is 35.6 Å². The number of benzene rings is 1. The summed E-state index contributed by atoms with van der Waals surface area (Å²) in [5, 5.41) is 0. The van der Waals surface area contributed by atoms with Gasteiger partial charge in [-0.05, 0) is 50.8 Å². The Morgan fingerprint density at radius 2 is 1.67 bits per heavy atom. The molecule has 0 heterocycles. The van der Waals surface area contributed by atoms with Gasteiger partial charge in [0.15, 0.2) is 0 Å². The van der Waals surface area contributed by atoms with Crippen molar-refractivity contribution >= 4 is 10.5 Å². The molecule has 0 spiro atoms. The van der Waals surface area contributed by atoms with Crippen LogP contribution in [-0.2, 0) is 10.8 Å². The van der Waals surface area contributed by atoms with E-state index in [1.165, 1.54) is 31.2 Å². The minimum atomic E-state index is -0.149. The predicted octanol–water partition coefficient (Wildman–Crippen LogP) is 3.39. The number of aryl methyl sites for hydroxylation is 1. The summed E-state index contributed by atoms with van der Waals surface area (Å²) < 4.78 is 18.2. The largest absolute Gasteiger partial charge is 0.423 e. The number of rotatable bonds is 8. The fourth-order valence-corrected chi connectivity index (χ4v) is 2.19. The first-order chi connectivity index (χ1) is 8.53. The molecule has 0 saturated heterocycles. The highest BCUT2D eigenvalue weighted by molar-refractivity contribution is 5.98. The van der Waals surface area contributed by atoms with E-state index in [0.29, 0.717) is 0 Å². The summed E-state index contributed by atoms with van der Waals surface area (Å²) >= 11 is 0. The molecule has 3 heteroatoms. The molecule has 0 aromatic heterocycles. The van der Waals surface area contributed by atoms with Crippen LogP contribution < -0.4 is 0 Å². The number of unbranched alkanes of at least 4 members (excludes halogenated alkanes) is 3. The molecule has 0 aliphatic rings. The van der Waals surface area contributed by atoms with Gasteiger partial charge in [-0.2, -0.15) is 0 Å². The average Bonchev–Trinajstić information content (AvgIpc) is 2.36. The van der Waals surface area contributed by atoms with Crippen molar-refractivity contribution in [2.45, 2.75) is 58.0 Å². The topological polar surface area (TPSA) is 9.23 Å². The van der Waals surface area contributed by atoms with Crippen LogP contribution in [0.3, 0.4) is 0 Å². The monoisotopic (exact) mass is 268 g/mol. The number of halogens is 1. The van der Waals surface area contributed by atoms with Crippen molar-refractivity contribution in [3.8, 4) is 0 Å². The van der Waals surface area contributed by atoms with E-state index in [1.807, 2.05) is 12.1 Å². The SMILES string of the molecule is CC(C)(CCCCCCc1ccc(F)cc1)O[SiH3]. The van der Waals surface area contributed by atoms with Crippen molar-refractivity contribution in [1.82, 2.24) is 0 Å². The van der Waals surface area contributed by atoms with E-state index < -0.39 is 0 Å². The first-order valence-electron chi connectivity index (χ1n) is 6.83. The molecule has 0 N–H and O–H groups in total. The summed E-state index contributed by atoms with van der Waals surface area (Å²) in [7, 11) is 0.819. The number of hydrogen-bond acceptors (Lipinski definition) is 1. The molecular weight excluding hydrogens is 243 g/mol. The van der Waals surface area contributed by atoms with Gasteiger partial charge < -0.3 is 4.43 Å². The van der Waals surface area contributed by atoms with Gasteiger partial charge in [0.2, 0.25) is 0 Å². The molecule has 0 atom stereocenters. The van der Waals surface area contributed by atoms with Gasteiger partial charge in [-0.3, -0.25) is 0 Å². The first kappa shape index (κ1) is 15.4. The zero-order valence-electron chi connectivity index (χ0n) is 11.8. The van der Waals surface area contributed by atoms with Gasteiger partial charge in [-0.1, -0.05) is 31.4 Å². The van der Waals surface area contributed by atoms with E-state index >= 15 is 0 Å². The van der Waals surface area contributed by atoms with Crippen LogP contribution in [0.1, 0.15) is 51.5 Å². The second kappa shape index (κ2) is 7.69. The summed E-state index contributed by atoms with van der Waals surface area (Å²) in [4.78, 5) is 0. The van der Waals surface area contributed by atoms with Gasteiger partial charge in [0.25, 0.3) is 0 Å². The lowest BCUT2D eigenvalue weighted by Gasteiger charge is -2.23. The Bertz CT molecular complexity index is 335. The standard InChI is InChI=1S/C15H25FOSi/c1-15(2,17-18)12-6-4-3-5-7-13-8-10-14(16)11-9-13/h8-11H,3-7,12H2,1-2,18H3. The highest BCUT2D eigenvalue weighted by Crippen LogP contribution is 2.18. The smallest absolute Gasteiger partial charge is 0.146 e. The molecule has 1 aromatic rings. The van der Waals surface area contributed by atoms with Gasteiger partial charge in [-0.25, -0.2) is 4.39 Å². The second-order valence-electron chi connectivity index (χ2n) is 5.50. The maximum Gasteiger partial charge on any atom is 0.146 e. The third-order valence-corrected chi connectivity index (χ3v) is 4.57. The van der Waals surface area contributed by atoms with Crippen LogP contribution in [0.2, 0.25) is 0 Å². The zero-order valence-corrected chi connectivity index (χ0v) is 13.8. The Morgan fingerprint density at radius 1 is 1.06 bits per heavy atom. The van der Waals surface area contributed by atoms with Crippen LogP contribution in [0.4, 0.5) is 4.39 Å². The molecular formula is C15H25FOSi. The summed E-state index contributed by atoms with van der Waals surface area (Å²) in [5.74, 6) is -0.149. The Hall–Kier alpha value is -0.673. The third kappa shape index (κ3) is 6.31. The summed E-state index contributed by atoms with van der Waals surface area (Å²) in [5.41, 5.74) is 1.31. The molecule has 1 nitrogen and oxygen atoms in total.